The monoisotopic (exact) mass is 463 g/mol. The first-order chi connectivity index (χ1) is 15.0. The van der Waals surface area contributed by atoms with Gasteiger partial charge in [0.05, 0.1) is 11.0 Å². The van der Waals surface area contributed by atoms with E-state index in [2.05, 4.69) is 5.32 Å². The Hall–Kier alpha value is -2.30. The summed E-state index contributed by atoms with van der Waals surface area (Å²) < 4.78 is 28.6. The van der Waals surface area contributed by atoms with Crippen molar-refractivity contribution in [3.8, 4) is 0 Å². The second kappa shape index (κ2) is 8.24. The molecule has 2 amide bonds. The van der Waals surface area contributed by atoms with Crippen molar-refractivity contribution in [2.24, 2.45) is 16.5 Å². The Labute approximate surface area is 187 Å². The maximum absolute atomic E-state index is 13.7. The average molecular weight is 464 g/mol. The molecular weight excluding hydrogens is 434 g/mol. The summed E-state index contributed by atoms with van der Waals surface area (Å²) in [4.78, 5) is 40.7. The number of sulfonamides is 1. The predicted molar refractivity (Wildman–Crippen MR) is 115 cm³/mol. The first-order valence-electron chi connectivity index (χ1n) is 10.9. The van der Waals surface area contributed by atoms with E-state index in [0.29, 0.717) is 6.54 Å². The third kappa shape index (κ3) is 4.06. The lowest BCUT2D eigenvalue weighted by Crippen LogP contribution is -2.57. The summed E-state index contributed by atoms with van der Waals surface area (Å²) in [6.45, 7) is 4.37. The highest BCUT2D eigenvalue weighted by molar-refractivity contribution is 7.89. The number of fused-ring (bicyclic) bond motifs is 1. The summed E-state index contributed by atoms with van der Waals surface area (Å²) in [5.41, 5.74) is -0.207. The molecule has 174 valence electrons. The molecule has 1 aromatic carbocycles. The lowest BCUT2D eigenvalue weighted by molar-refractivity contribution is -0.140. The second-order valence-electron chi connectivity index (χ2n) is 9.49. The number of carbonyl (C=O) groups excluding carboxylic acids is 3. The van der Waals surface area contributed by atoms with Gasteiger partial charge in [0.2, 0.25) is 15.9 Å². The summed E-state index contributed by atoms with van der Waals surface area (Å²) in [6, 6.07) is 3.87. The molecular formula is C22H29N3O6S. The fourth-order valence-electron chi connectivity index (χ4n) is 5.30. The molecule has 0 aromatic heterocycles. The van der Waals surface area contributed by atoms with E-state index in [0.717, 1.165) is 25.7 Å². The minimum atomic E-state index is -3.87. The van der Waals surface area contributed by atoms with Gasteiger partial charge >= 0.3 is 0 Å². The number of nitrogens with two attached hydrogens (primary N) is 1. The van der Waals surface area contributed by atoms with Gasteiger partial charge in [0.1, 0.15) is 18.7 Å². The number of primary sulfonamides is 1. The Bertz CT molecular complexity index is 1030. The molecule has 4 rings (SSSR count). The number of Topliss-reactive ketones (excluding diaryl/α,β-unsaturated/α-hetero) is 1. The first kappa shape index (κ1) is 22.9. The molecule has 4 atom stereocenters. The van der Waals surface area contributed by atoms with E-state index in [4.69, 9.17) is 9.88 Å². The van der Waals surface area contributed by atoms with Crippen molar-refractivity contribution in [3.63, 3.8) is 0 Å². The molecule has 1 aromatic rings. The number of ketones is 1. The van der Waals surface area contributed by atoms with Gasteiger partial charge in [-0.15, -0.1) is 0 Å². The van der Waals surface area contributed by atoms with Crippen LogP contribution in [0.2, 0.25) is 0 Å². The van der Waals surface area contributed by atoms with Gasteiger partial charge in [-0.3, -0.25) is 14.4 Å². The highest BCUT2D eigenvalue weighted by Crippen LogP contribution is 2.42. The van der Waals surface area contributed by atoms with Crippen molar-refractivity contribution >= 4 is 27.6 Å². The fourth-order valence-corrected chi connectivity index (χ4v) is 5.82. The van der Waals surface area contributed by atoms with Crippen LogP contribution in [0.25, 0.3) is 0 Å². The van der Waals surface area contributed by atoms with Crippen LogP contribution in [-0.4, -0.2) is 62.3 Å². The van der Waals surface area contributed by atoms with E-state index in [-0.39, 0.29) is 40.8 Å². The standard InChI is InChI=1S/C22H29N3O6S/c1-13-11-25(17-16(26)12-31-18(13)17)21(28)19(22(2)9-3-4-10-22)24-20(27)14-5-7-15(8-6-14)32(23,29)30/h5-8,13,17-19H,3-4,9-12H2,1-2H3,(H,24,27)(H2,23,29,30)/t13-,17+,18+,19+/m0/s1. The number of hydrogen-bond acceptors (Lipinski definition) is 6. The Morgan fingerprint density at radius 3 is 2.44 bits per heavy atom. The van der Waals surface area contributed by atoms with Gasteiger partial charge in [0.25, 0.3) is 5.91 Å². The van der Waals surface area contributed by atoms with Crippen LogP contribution in [0.15, 0.2) is 29.2 Å². The number of benzene rings is 1. The third-order valence-corrected chi connectivity index (χ3v) is 8.06. The second-order valence-corrected chi connectivity index (χ2v) is 11.1. The molecule has 1 aliphatic carbocycles. The maximum Gasteiger partial charge on any atom is 0.251 e. The van der Waals surface area contributed by atoms with Crippen LogP contribution in [0.4, 0.5) is 0 Å². The molecule has 0 unspecified atom stereocenters. The van der Waals surface area contributed by atoms with Crippen LogP contribution in [0.5, 0.6) is 0 Å². The number of amides is 2. The molecule has 3 fully saturated rings. The highest BCUT2D eigenvalue weighted by Gasteiger charge is 2.54. The fraction of sp³-hybridized carbons (Fsp3) is 0.591. The lowest BCUT2D eigenvalue weighted by Gasteiger charge is -2.37. The molecule has 0 radical (unpaired) electrons. The van der Waals surface area contributed by atoms with E-state index < -0.39 is 33.4 Å². The highest BCUT2D eigenvalue weighted by atomic mass is 32.2. The third-order valence-electron chi connectivity index (χ3n) is 7.13. The molecule has 2 saturated heterocycles. The molecule has 9 nitrogen and oxygen atoms in total. The minimum Gasteiger partial charge on any atom is -0.367 e. The van der Waals surface area contributed by atoms with E-state index >= 15 is 0 Å². The normalized spacial score (nSPS) is 27.9. The lowest BCUT2D eigenvalue weighted by atomic mass is 9.79. The van der Waals surface area contributed by atoms with Gasteiger partial charge < -0.3 is 15.0 Å². The van der Waals surface area contributed by atoms with Crippen molar-refractivity contribution in [1.82, 2.24) is 10.2 Å². The number of nitrogens with one attached hydrogen (secondary N) is 1. The molecule has 0 bridgehead atoms. The van der Waals surface area contributed by atoms with Gasteiger partial charge in [-0.05, 0) is 42.5 Å². The Kier molecular flexibility index (Phi) is 5.89. The number of hydrogen-bond donors (Lipinski definition) is 2. The van der Waals surface area contributed by atoms with Gasteiger partial charge in [0, 0.05) is 18.0 Å². The van der Waals surface area contributed by atoms with Gasteiger partial charge in [-0.2, -0.15) is 0 Å². The van der Waals surface area contributed by atoms with Crippen LogP contribution in [-0.2, 0) is 24.3 Å². The Morgan fingerprint density at radius 1 is 1.22 bits per heavy atom. The van der Waals surface area contributed by atoms with Crippen molar-refractivity contribution in [1.29, 1.82) is 0 Å². The predicted octanol–water partition coefficient (Wildman–Crippen LogP) is 0.828. The molecule has 2 heterocycles. The maximum atomic E-state index is 13.7. The quantitative estimate of drug-likeness (QED) is 0.664. The van der Waals surface area contributed by atoms with E-state index in [9.17, 15) is 22.8 Å². The Balaban J connectivity index is 1.60. The van der Waals surface area contributed by atoms with Crippen LogP contribution < -0.4 is 10.5 Å². The molecule has 0 spiro atoms. The zero-order valence-electron chi connectivity index (χ0n) is 18.2. The first-order valence-corrected chi connectivity index (χ1v) is 12.4. The van der Waals surface area contributed by atoms with Crippen molar-refractivity contribution in [2.75, 3.05) is 13.2 Å². The van der Waals surface area contributed by atoms with Crippen molar-refractivity contribution in [2.45, 2.75) is 62.6 Å². The SMILES string of the molecule is C[C@H]1CN(C(=O)[C@@H](NC(=O)c2ccc(S(N)(=O)=O)cc2)C2(C)CCCC2)[C@@H]2C(=O)CO[C@@H]21. The molecule has 10 heteroatoms. The summed E-state index contributed by atoms with van der Waals surface area (Å²) in [7, 11) is -3.87. The number of carbonyl (C=O) groups is 3. The van der Waals surface area contributed by atoms with E-state index in [1.54, 1.807) is 4.90 Å². The van der Waals surface area contributed by atoms with Gasteiger partial charge in [0.15, 0.2) is 5.78 Å². The number of likely N-dealkylation sites (tertiary alicyclic amines) is 1. The zero-order chi connectivity index (χ0) is 23.3. The summed E-state index contributed by atoms with van der Waals surface area (Å²) in [6.07, 6.45) is 3.20. The van der Waals surface area contributed by atoms with Gasteiger partial charge in [-0.25, -0.2) is 13.6 Å². The number of nitrogens with zero attached hydrogens (tertiary/aromatic N) is 1. The summed E-state index contributed by atoms with van der Waals surface area (Å²) in [5.74, 6) is -0.806. The molecule has 1 saturated carbocycles. The van der Waals surface area contributed by atoms with Crippen LogP contribution in [0, 0.1) is 11.3 Å². The van der Waals surface area contributed by atoms with Crippen molar-refractivity contribution < 1.29 is 27.5 Å². The molecule has 3 N–H and O–H groups in total. The Morgan fingerprint density at radius 2 is 1.84 bits per heavy atom. The zero-order valence-corrected chi connectivity index (χ0v) is 19.1. The van der Waals surface area contributed by atoms with E-state index in [1.807, 2.05) is 13.8 Å². The van der Waals surface area contributed by atoms with Crippen LogP contribution >= 0.6 is 0 Å². The van der Waals surface area contributed by atoms with Crippen molar-refractivity contribution in [3.05, 3.63) is 29.8 Å². The van der Waals surface area contributed by atoms with Crippen LogP contribution in [0.3, 0.4) is 0 Å². The molecule has 32 heavy (non-hydrogen) atoms. The molecule has 2 aliphatic heterocycles. The van der Waals surface area contributed by atoms with E-state index in [1.165, 1.54) is 24.3 Å². The minimum absolute atomic E-state index is 0.00808. The topological polar surface area (TPSA) is 136 Å². The number of ether oxygens (including phenoxy) is 1. The molecule has 3 aliphatic rings. The average Bonchev–Trinajstić information content (AvgIpc) is 3.43. The number of rotatable bonds is 5. The smallest absolute Gasteiger partial charge is 0.251 e. The summed E-state index contributed by atoms with van der Waals surface area (Å²) in [5, 5.41) is 8.02. The largest absolute Gasteiger partial charge is 0.367 e. The van der Waals surface area contributed by atoms with Gasteiger partial charge in [-0.1, -0.05) is 26.7 Å². The summed E-state index contributed by atoms with van der Waals surface area (Å²) >= 11 is 0. The van der Waals surface area contributed by atoms with Crippen LogP contribution in [0.1, 0.15) is 49.9 Å².